The second kappa shape index (κ2) is 13.9. The van der Waals surface area contributed by atoms with Crippen LogP contribution in [0.5, 0.6) is 5.75 Å². The monoisotopic (exact) mass is 638 g/mol. The van der Waals surface area contributed by atoms with Crippen LogP contribution in [0.4, 0.5) is 24.1 Å². The Hall–Kier alpha value is -4.78. The van der Waals surface area contributed by atoms with E-state index in [2.05, 4.69) is 14.7 Å². The number of amides is 2. The van der Waals surface area contributed by atoms with Crippen LogP contribution in [0.1, 0.15) is 31.2 Å². The number of nitrogens with zero attached hydrogens (tertiary/aromatic N) is 4. The summed E-state index contributed by atoms with van der Waals surface area (Å²) in [7, 11) is 1.38. The molecule has 0 aliphatic carbocycles. The molecule has 9 nitrogen and oxygen atoms in total. The Balaban J connectivity index is 1.48. The highest BCUT2D eigenvalue weighted by Crippen LogP contribution is 2.40. The SMILES string of the molecule is CN(C(=O)[C@@H](CC(=O)O)Cc1ccccc1)c1nc(-c2cc(OC(F)F)ccc2-c2ccc(N3CCCCC3=O)nc2)c(F)s1. The van der Waals surface area contributed by atoms with E-state index >= 15 is 4.39 Å². The third-order valence-corrected chi connectivity index (χ3v) is 8.34. The van der Waals surface area contributed by atoms with Gasteiger partial charge >= 0.3 is 12.6 Å². The third kappa shape index (κ3) is 7.48. The summed E-state index contributed by atoms with van der Waals surface area (Å²) in [5.41, 5.74) is 1.57. The minimum atomic E-state index is -3.12. The Morgan fingerprint density at radius 3 is 2.53 bits per heavy atom. The second-order valence-corrected chi connectivity index (χ2v) is 11.4. The van der Waals surface area contributed by atoms with Gasteiger partial charge in [-0.2, -0.15) is 13.2 Å². The number of aliphatic carboxylic acids is 1. The lowest BCUT2D eigenvalue weighted by Crippen LogP contribution is -2.35. The van der Waals surface area contributed by atoms with E-state index in [4.69, 9.17) is 0 Å². The van der Waals surface area contributed by atoms with Crippen molar-refractivity contribution in [2.24, 2.45) is 5.92 Å². The summed E-state index contributed by atoms with van der Waals surface area (Å²) in [5, 5.41) is 8.63. The van der Waals surface area contributed by atoms with Gasteiger partial charge in [0.05, 0.1) is 12.3 Å². The fourth-order valence-electron chi connectivity index (χ4n) is 5.23. The number of benzene rings is 2. The number of hydrogen-bond donors (Lipinski definition) is 1. The van der Waals surface area contributed by atoms with Crippen molar-refractivity contribution in [1.82, 2.24) is 9.97 Å². The van der Waals surface area contributed by atoms with E-state index in [9.17, 15) is 28.3 Å². The van der Waals surface area contributed by atoms with E-state index in [1.807, 2.05) is 0 Å². The number of halogens is 3. The van der Waals surface area contributed by atoms with E-state index in [0.717, 1.165) is 23.3 Å². The summed E-state index contributed by atoms with van der Waals surface area (Å²) < 4.78 is 46.4. The van der Waals surface area contributed by atoms with Gasteiger partial charge in [0.1, 0.15) is 17.3 Å². The molecule has 234 valence electrons. The van der Waals surface area contributed by atoms with Crippen LogP contribution < -0.4 is 14.5 Å². The molecule has 5 rings (SSSR count). The molecule has 0 bridgehead atoms. The first-order valence-corrected chi connectivity index (χ1v) is 15.0. The summed E-state index contributed by atoms with van der Waals surface area (Å²) in [5.74, 6) is -2.45. The number of carbonyl (C=O) groups is 3. The number of anilines is 2. The molecule has 4 aromatic rings. The number of hydrogen-bond acceptors (Lipinski definition) is 7. The number of ether oxygens (including phenoxy) is 1. The second-order valence-electron chi connectivity index (χ2n) is 10.5. The molecular weight excluding hydrogens is 609 g/mol. The zero-order valence-corrected chi connectivity index (χ0v) is 25.0. The normalized spacial score (nSPS) is 14.0. The molecule has 1 fully saturated rings. The molecule has 0 radical (unpaired) electrons. The van der Waals surface area contributed by atoms with Crippen LogP contribution in [0, 0.1) is 11.0 Å². The van der Waals surface area contributed by atoms with Gasteiger partial charge in [-0.05, 0) is 60.7 Å². The van der Waals surface area contributed by atoms with Crippen LogP contribution in [0.15, 0.2) is 66.9 Å². The molecule has 0 unspecified atom stereocenters. The number of carbonyl (C=O) groups excluding carboxylic acids is 2. The molecule has 2 aromatic carbocycles. The van der Waals surface area contributed by atoms with Crippen molar-refractivity contribution in [2.75, 3.05) is 23.4 Å². The van der Waals surface area contributed by atoms with Gasteiger partial charge in [-0.3, -0.25) is 24.2 Å². The molecular formula is C32H29F3N4O5S. The summed E-state index contributed by atoms with van der Waals surface area (Å²) in [4.78, 5) is 48.9. The van der Waals surface area contributed by atoms with E-state index in [1.54, 1.807) is 47.4 Å². The molecule has 1 N–H and O–H groups in total. The van der Waals surface area contributed by atoms with Gasteiger partial charge in [-0.1, -0.05) is 41.7 Å². The smallest absolute Gasteiger partial charge is 0.387 e. The number of alkyl halides is 2. The van der Waals surface area contributed by atoms with Gasteiger partial charge in [-0.25, -0.2) is 9.97 Å². The van der Waals surface area contributed by atoms with Gasteiger partial charge in [-0.15, -0.1) is 0 Å². The number of pyridine rings is 1. The maximum absolute atomic E-state index is 15.6. The Kier molecular flexibility index (Phi) is 9.77. The van der Waals surface area contributed by atoms with Crippen molar-refractivity contribution in [1.29, 1.82) is 0 Å². The predicted molar refractivity (Wildman–Crippen MR) is 163 cm³/mol. The molecule has 3 heterocycles. The first-order chi connectivity index (χ1) is 21.6. The van der Waals surface area contributed by atoms with Crippen LogP contribution in [0.25, 0.3) is 22.4 Å². The van der Waals surface area contributed by atoms with Crippen molar-refractivity contribution >= 4 is 40.1 Å². The molecule has 2 aromatic heterocycles. The van der Waals surface area contributed by atoms with Crippen molar-refractivity contribution < 1.29 is 37.4 Å². The van der Waals surface area contributed by atoms with Crippen molar-refractivity contribution in [3.63, 3.8) is 0 Å². The highest BCUT2D eigenvalue weighted by atomic mass is 32.1. The molecule has 45 heavy (non-hydrogen) atoms. The summed E-state index contributed by atoms with van der Waals surface area (Å²) in [6.07, 6.45) is 3.33. The van der Waals surface area contributed by atoms with E-state index in [1.165, 1.54) is 31.4 Å². The third-order valence-electron chi connectivity index (χ3n) is 7.42. The number of carboxylic acid groups (broad SMARTS) is 1. The van der Waals surface area contributed by atoms with E-state index in [-0.39, 0.29) is 34.5 Å². The predicted octanol–water partition coefficient (Wildman–Crippen LogP) is 6.43. The fourth-order valence-corrected chi connectivity index (χ4v) is 6.00. The molecule has 0 saturated carbocycles. The minimum absolute atomic E-state index is 0.0270. The largest absolute Gasteiger partial charge is 0.481 e. The average Bonchev–Trinajstić information content (AvgIpc) is 3.41. The highest BCUT2D eigenvalue weighted by Gasteiger charge is 2.29. The van der Waals surface area contributed by atoms with Gasteiger partial charge in [0.25, 0.3) is 0 Å². The maximum atomic E-state index is 15.6. The highest BCUT2D eigenvalue weighted by molar-refractivity contribution is 7.14. The molecule has 1 saturated heterocycles. The quantitative estimate of drug-likeness (QED) is 0.202. The van der Waals surface area contributed by atoms with Crippen molar-refractivity contribution in [2.45, 2.75) is 38.7 Å². The van der Waals surface area contributed by atoms with Crippen LogP contribution >= 0.6 is 11.3 Å². The van der Waals surface area contributed by atoms with Gasteiger partial charge in [0.2, 0.25) is 16.9 Å². The molecule has 1 aliphatic heterocycles. The number of rotatable bonds is 11. The standard InChI is InChI=1S/C32H29F3N4O5S/c1-38(30(43)21(16-27(41)42)15-19-7-3-2-4-8-19)32-37-28(29(33)45-32)24-17-22(44-31(34)35)11-12-23(24)20-10-13-25(36-18-20)39-14-6-5-9-26(39)40/h2-4,7-8,10-13,17-18,21,31H,5-6,9,14-16H2,1H3,(H,41,42)/t21-/m1/s1. The van der Waals surface area contributed by atoms with Crippen molar-refractivity contribution in [3.8, 4) is 28.1 Å². The number of carboxylic acids is 1. The van der Waals surface area contributed by atoms with Crippen LogP contribution in [0.2, 0.25) is 0 Å². The molecule has 1 atom stereocenters. The zero-order chi connectivity index (χ0) is 32.1. The zero-order valence-electron chi connectivity index (χ0n) is 24.2. The Morgan fingerprint density at radius 2 is 1.87 bits per heavy atom. The molecule has 0 spiro atoms. The summed E-state index contributed by atoms with van der Waals surface area (Å²) in [6, 6.07) is 16.3. The number of thiazole rings is 1. The lowest BCUT2D eigenvalue weighted by molar-refractivity contribution is -0.140. The Morgan fingerprint density at radius 1 is 1.09 bits per heavy atom. The topological polar surface area (TPSA) is 113 Å². The Bertz CT molecular complexity index is 1680. The first-order valence-electron chi connectivity index (χ1n) is 14.2. The summed E-state index contributed by atoms with van der Waals surface area (Å²) in [6.45, 7) is -2.57. The number of aromatic nitrogens is 2. The van der Waals surface area contributed by atoms with Gasteiger partial charge in [0.15, 0.2) is 5.13 Å². The fraction of sp³-hybridized carbons (Fsp3) is 0.281. The molecule has 2 amide bonds. The van der Waals surface area contributed by atoms with Crippen LogP contribution in [-0.4, -0.2) is 53.1 Å². The molecule has 1 aliphatic rings. The van der Waals surface area contributed by atoms with Crippen LogP contribution in [0.3, 0.4) is 0 Å². The first kappa shape index (κ1) is 31.6. The summed E-state index contributed by atoms with van der Waals surface area (Å²) >= 11 is 0.564. The lowest BCUT2D eigenvalue weighted by Gasteiger charge is -2.25. The Labute approximate surface area is 260 Å². The van der Waals surface area contributed by atoms with E-state index in [0.29, 0.717) is 41.2 Å². The lowest BCUT2D eigenvalue weighted by atomic mass is 9.95. The number of piperidine rings is 1. The van der Waals surface area contributed by atoms with Crippen molar-refractivity contribution in [3.05, 3.63) is 77.6 Å². The minimum Gasteiger partial charge on any atom is -0.481 e. The average molecular weight is 639 g/mol. The van der Waals surface area contributed by atoms with Gasteiger partial charge in [0, 0.05) is 37.3 Å². The van der Waals surface area contributed by atoms with E-state index < -0.39 is 36.0 Å². The van der Waals surface area contributed by atoms with Crippen LogP contribution in [-0.2, 0) is 20.8 Å². The maximum Gasteiger partial charge on any atom is 0.387 e. The molecule has 13 heteroatoms. The van der Waals surface area contributed by atoms with Gasteiger partial charge < -0.3 is 9.84 Å².